The van der Waals surface area contributed by atoms with Crippen molar-refractivity contribution in [2.24, 2.45) is 11.1 Å². The van der Waals surface area contributed by atoms with Crippen LogP contribution in [0.5, 0.6) is 0 Å². The molecule has 16 heavy (non-hydrogen) atoms. The van der Waals surface area contributed by atoms with E-state index in [0.717, 1.165) is 19.3 Å². The van der Waals surface area contributed by atoms with Gasteiger partial charge in [-0.25, -0.2) is 0 Å². The minimum Gasteiger partial charge on any atom is -0.481 e. The summed E-state index contributed by atoms with van der Waals surface area (Å²) in [5, 5.41) is 9.06. The molecule has 1 heterocycles. The van der Waals surface area contributed by atoms with Gasteiger partial charge in [0.15, 0.2) is 0 Å². The van der Waals surface area contributed by atoms with Gasteiger partial charge in [0.2, 0.25) is 0 Å². The fourth-order valence-electron chi connectivity index (χ4n) is 2.54. The summed E-state index contributed by atoms with van der Waals surface area (Å²) in [6.07, 6.45) is 2.68. The quantitative estimate of drug-likeness (QED) is 0.770. The van der Waals surface area contributed by atoms with Crippen molar-refractivity contribution in [1.82, 2.24) is 0 Å². The Bertz CT molecular complexity index is 259. The molecule has 0 aromatic rings. The van der Waals surface area contributed by atoms with Crippen molar-refractivity contribution < 1.29 is 14.6 Å². The van der Waals surface area contributed by atoms with Gasteiger partial charge in [-0.3, -0.25) is 4.79 Å². The van der Waals surface area contributed by atoms with Gasteiger partial charge in [0.25, 0.3) is 0 Å². The van der Waals surface area contributed by atoms with E-state index in [-0.39, 0.29) is 17.9 Å². The van der Waals surface area contributed by atoms with Crippen LogP contribution in [0, 0.1) is 5.41 Å². The van der Waals surface area contributed by atoms with Gasteiger partial charge in [-0.15, -0.1) is 0 Å². The van der Waals surface area contributed by atoms with Crippen LogP contribution in [0.15, 0.2) is 0 Å². The number of carboxylic acid groups (broad SMARTS) is 1. The number of carbonyl (C=O) groups is 1. The maximum absolute atomic E-state index is 11.0. The second kappa shape index (κ2) is 4.72. The summed E-state index contributed by atoms with van der Waals surface area (Å²) in [5.41, 5.74) is 5.37. The molecule has 4 nitrogen and oxygen atoms in total. The van der Waals surface area contributed by atoms with Crippen molar-refractivity contribution in [3.8, 4) is 0 Å². The molecule has 0 aromatic carbocycles. The summed E-state index contributed by atoms with van der Waals surface area (Å²) in [6.45, 7) is 6.53. The van der Waals surface area contributed by atoms with Crippen LogP contribution < -0.4 is 5.73 Å². The van der Waals surface area contributed by atoms with Gasteiger partial charge in [-0.1, -0.05) is 6.92 Å². The number of nitrogens with two attached hydrogens (primary N) is 1. The van der Waals surface area contributed by atoms with E-state index in [9.17, 15) is 4.79 Å². The van der Waals surface area contributed by atoms with E-state index >= 15 is 0 Å². The molecule has 2 atom stereocenters. The average Bonchev–Trinajstić information content (AvgIpc) is 2.15. The number of rotatable bonds is 4. The van der Waals surface area contributed by atoms with Gasteiger partial charge in [0.05, 0.1) is 12.5 Å². The number of hydrogen-bond donors (Lipinski definition) is 2. The fourth-order valence-corrected chi connectivity index (χ4v) is 2.54. The molecular formula is C12H23NO3. The lowest BCUT2D eigenvalue weighted by Gasteiger charge is -2.48. The van der Waals surface area contributed by atoms with Gasteiger partial charge in [-0.2, -0.15) is 0 Å². The van der Waals surface area contributed by atoms with Gasteiger partial charge < -0.3 is 15.6 Å². The van der Waals surface area contributed by atoms with Crippen molar-refractivity contribution in [2.75, 3.05) is 6.61 Å². The standard InChI is InChI=1S/C12H23NO3/c1-4-9-7-12(5-6-16-9,8-10(14)15)11(2,3)13/h9H,4-8,13H2,1-3H3,(H,14,15). The summed E-state index contributed by atoms with van der Waals surface area (Å²) in [6, 6.07) is 0. The second-order valence-corrected chi connectivity index (χ2v) is 5.43. The van der Waals surface area contributed by atoms with Crippen LogP contribution in [0.4, 0.5) is 0 Å². The Labute approximate surface area is 97.2 Å². The highest BCUT2D eigenvalue weighted by molar-refractivity contribution is 5.68. The third-order valence-corrected chi connectivity index (χ3v) is 3.86. The molecule has 3 N–H and O–H groups in total. The summed E-state index contributed by atoms with van der Waals surface area (Å²) in [7, 11) is 0. The van der Waals surface area contributed by atoms with Crippen LogP contribution in [0.2, 0.25) is 0 Å². The van der Waals surface area contributed by atoms with Crippen molar-refractivity contribution in [3.63, 3.8) is 0 Å². The molecule has 0 radical (unpaired) electrons. The van der Waals surface area contributed by atoms with E-state index in [4.69, 9.17) is 15.6 Å². The zero-order valence-electron chi connectivity index (χ0n) is 10.5. The molecule has 0 amide bonds. The smallest absolute Gasteiger partial charge is 0.303 e. The Hall–Kier alpha value is -0.610. The Morgan fingerprint density at radius 2 is 2.25 bits per heavy atom. The van der Waals surface area contributed by atoms with E-state index in [1.165, 1.54) is 0 Å². The Balaban J connectivity index is 2.90. The normalized spacial score (nSPS) is 31.4. The molecule has 0 spiro atoms. The van der Waals surface area contributed by atoms with E-state index in [0.29, 0.717) is 6.61 Å². The molecule has 2 unspecified atom stereocenters. The predicted octanol–water partition coefficient (Wildman–Crippen LogP) is 1.77. The van der Waals surface area contributed by atoms with Crippen molar-refractivity contribution in [1.29, 1.82) is 0 Å². The molecule has 4 heteroatoms. The van der Waals surface area contributed by atoms with Crippen LogP contribution in [0.3, 0.4) is 0 Å². The minimum absolute atomic E-state index is 0.135. The van der Waals surface area contributed by atoms with Crippen LogP contribution in [0.1, 0.15) is 46.5 Å². The largest absolute Gasteiger partial charge is 0.481 e. The maximum atomic E-state index is 11.0. The first kappa shape index (κ1) is 13.5. The first-order valence-electron chi connectivity index (χ1n) is 5.93. The van der Waals surface area contributed by atoms with Gasteiger partial charge in [0.1, 0.15) is 0 Å². The second-order valence-electron chi connectivity index (χ2n) is 5.43. The van der Waals surface area contributed by atoms with Crippen molar-refractivity contribution in [2.45, 2.75) is 58.1 Å². The molecule has 1 saturated heterocycles. The van der Waals surface area contributed by atoms with Crippen LogP contribution in [-0.4, -0.2) is 29.3 Å². The highest BCUT2D eigenvalue weighted by atomic mass is 16.5. The molecule has 0 aromatic heterocycles. The predicted molar refractivity (Wildman–Crippen MR) is 62.2 cm³/mol. The van der Waals surface area contributed by atoms with Crippen molar-refractivity contribution >= 4 is 5.97 Å². The molecule has 0 aliphatic carbocycles. The number of ether oxygens (including phenoxy) is 1. The lowest BCUT2D eigenvalue weighted by Crippen LogP contribution is -2.55. The van der Waals surface area contributed by atoms with Gasteiger partial charge in [-0.05, 0) is 33.1 Å². The van der Waals surface area contributed by atoms with E-state index < -0.39 is 11.5 Å². The third kappa shape index (κ3) is 2.74. The zero-order chi connectivity index (χ0) is 12.4. The van der Waals surface area contributed by atoms with E-state index in [1.54, 1.807) is 0 Å². The number of aliphatic carboxylic acids is 1. The molecule has 0 saturated carbocycles. The topological polar surface area (TPSA) is 72.5 Å². The van der Waals surface area contributed by atoms with E-state index in [2.05, 4.69) is 6.92 Å². The lowest BCUT2D eigenvalue weighted by molar-refractivity contribution is -0.146. The Morgan fingerprint density at radius 1 is 1.62 bits per heavy atom. The lowest BCUT2D eigenvalue weighted by atomic mass is 9.63. The first-order chi connectivity index (χ1) is 7.31. The van der Waals surface area contributed by atoms with Gasteiger partial charge in [0, 0.05) is 17.6 Å². The third-order valence-electron chi connectivity index (χ3n) is 3.86. The first-order valence-corrected chi connectivity index (χ1v) is 5.93. The molecule has 1 rings (SSSR count). The minimum atomic E-state index is -0.768. The van der Waals surface area contributed by atoms with Gasteiger partial charge >= 0.3 is 5.97 Å². The molecule has 1 aliphatic rings. The van der Waals surface area contributed by atoms with Crippen LogP contribution in [0.25, 0.3) is 0 Å². The Kier molecular flexibility index (Phi) is 3.97. The number of carboxylic acids is 1. The molecular weight excluding hydrogens is 206 g/mol. The molecule has 1 fully saturated rings. The fraction of sp³-hybridized carbons (Fsp3) is 0.917. The monoisotopic (exact) mass is 229 g/mol. The van der Waals surface area contributed by atoms with E-state index in [1.807, 2.05) is 13.8 Å². The molecule has 94 valence electrons. The summed E-state index contributed by atoms with van der Waals surface area (Å²) >= 11 is 0. The van der Waals surface area contributed by atoms with Crippen molar-refractivity contribution in [3.05, 3.63) is 0 Å². The van der Waals surface area contributed by atoms with Crippen LogP contribution >= 0.6 is 0 Å². The SMILES string of the molecule is CCC1CC(CC(=O)O)(C(C)(C)N)CCO1. The summed E-state index contributed by atoms with van der Waals surface area (Å²) < 4.78 is 5.61. The highest BCUT2D eigenvalue weighted by Gasteiger charge is 2.47. The molecule has 0 bridgehead atoms. The number of hydrogen-bond acceptors (Lipinski definition) is 3. The molecule has 1 aliphatic heterocycles. The highest BCUT2D eigenvalue weighted by Crippen LogP contribution is 2.45. The Morgan fingerprint density at radius 3 is 2.69 bits per heavy atom. The van der Waals surface area contributed by atoms with Crippen LogP contribution in [-0.2, 0) is 9.53 Å². The summed E-state index contributed by atoms with van der Waals surface area (Å²) in [5.74, 6) is -0.768. The average molecular weight is 229 g/mol. The zero-order valence-corrected chi connectivity index (χ0v) is 10.5. The summed E-state index contributed by atoms with van der Waals surface area (Å²) in [4.78, 5) is 11.0. The maximum Gasteiger partial charge on any atom is 0.303 e.